The highest BCUT2D eigenvalue weighted by molar-refractivity contribution is 5.19. The van der Waals surface area contributed by atoms with Crippen LogP contribution in [0.15, 0.2) is 30.3 Å². The summed E-state index contributed by atoms with van der Waals surface area (Å²) in [5, 5.41) is 0. The Bertz CT molecular complexity index is 288. The summed E-state index contributed by atoms with van der Waals surface area (Å²) in [4.78, 5) is 2.67. The molecule has 1 aromatic rings. The van der Waals surface area contributed by atoms with E-state index in [0.717, 1.165) is 0 Å². The average molecular weight is 217 g/mol. The molecule has 88 valence electrons. The SMILES string of the molecule is CCCCC(c1ccccc1)N1CCCC1. The third-order valence-corrected chi connectivity index (χ3v) is 3.60. The van der Waals surface area contributed by atoms with Crippen molar-refractivity contribution in [2.75, 3.05) is 13.1 Å². The van der Waals surface area contributed by atoms with Crippen LogP contribution in [0.25, 0.3) is 0 Å². The van der Waals surface area contributed by atoms with E-state index in [1.807, 2.05) is 0 Å². The van der Waals surface area contributed by atoms with E-state index in [2.05, 4.69) is 42.2 Å². The Morgan fingerprint density at radius 2 is 1.81 bits per heavy atom. The van der Waals surface area contributed by atoms with Gasteiger partial charge in [0.2, 0.25) is 0 Å². The van der Waals surface area contributed by atoms with E-state index in [4.69, 9.17) is 0 Å². The molecule has 1 aliphatic rings. The van der Waals surface area contributed by atoms with E-state index in [-0.39, 0.29) is 0 Å². The minimum Gasteiger partial charge on any atom is -0.296 e. The Labute approximate surface area is 99.5 Å². The highest BCUT2D eigenvalue weighted by Gasteiger charge is 2.22. The molecule has 0 aromatic heterocycles. The number of benzene rings is 1. The molecule has 16 heavy (non-hydrogen) atoms. The predicted octanol–water partition coefficient (Wildman–Crippen LogP) is 4.01. The molecule has 1 nitrogen and oxygen atoms in total. The van der Waals surface area contributed by atoms with Gasteiger partial charge in [-0.05, 0) is 37.9 Å². The van der Waals surface area contributed by atoms with Gasteiger partial charge in [-0.2, -0.15) is 0 Å². The van der Waals surface area contributed by atoms with Crippen LogP contribution in [0.2, 0.25) is 0 Å². The first-order valence-electron chi connectivity index (χ1n) is 6.71. The second kappa shape index (κ2) is 6.05. The lowest BCUT2D eigenvalue weighted by molar-refractivity contribution is 0.229. The lowest BCUT2D eigenvalue weighted by Crippen LogP contribution is -2.25. The monoisotopic (exact) mass is 217 g/mol. The molecule has 1 aromatic carbocycles. The van der Waals surface area contributed by atoms with Crippen LogP contribution in [0.4, 0.5) is 0 Å². The van der Waals surface area contributed by atoms with Crippen LogP contribution in [0.5, 0.6) is 0 Å². The summed E-state index contributed by atoms with van der Waals surface area (Å²) in [6, 6.07) is 11.7. The number of hydrogen-bond acceptors (Lipinski definition) is 1. The van der Waals surface area contributed by atoms with Gasteiger partial charge >= 0.3 is 0 Å². The molecule has 1 heterocycles. The molecule has 2 rings (SSSR count). The normalized spacial score (nSPS) is 18.8. The van der Waals surface area contributed by atoms with Crippen LogP contribution < -0.4 is 0 Å². The van der Waals surface area contributed by atoms with Crippen molar-refractivity contribution in [2.45, 2.75) is 45.1 Å². The second-order valence-electron chi connectivity index (χ2n) is 4.81. The molecule has 1 fully saturated rings. The van der Waals surface area contributed by atoms with Crippen LogP contribution in [0, 0.1) is 0 Å². The van der Waals surface area contributed by atoms with Crippen LogP contribution in [0.3, 0.4) is 0 Å². The van der Waals surface area contributed by atoms with Crippen LogP contribution >= 0.6 is 0 Å². The van der Waals surface area contributed by atoms with Gasteiger partial charge in [0.15, 0.2) is 0 Å². The lowest BCUT2D eigenvalue weighted by atomic mass is 10.00. The van der Waals surface area contributed by atoms with Crippen LogP contribution in [-0.2, 0) is 0 Å². The number of likely N-dealkylation sites (tertiary alicyclic amines) is 1. The minimum atomic E-state index is 0.670. The molecule has 0 radical (unpaired) electrons. The molecule has 1 saturated heterocycles. The van der Waals surface area contributed by atoms with Crippen LogP contribution in [-0.4, -0.2) is 18.0 Å². The smallest absolute Gasteiger partial charge is 0.0348 e. The fourth-order valence-corrected chi connectivity index (χ4v) is 2.69. The van der Waals surface area contributed by atoms with Crippen molar-refractivity contribution in [2.24, 2.45) is 0 Å². The molecule has 1 atom stereocenters. The maximum absolute atomic E-state index is 2.67. The minimum absolute atomic E-state index is 0.670. The zero-order chi connectivity index (χ0) is 11.2. The number of rotatable bonds is 5. The Balaban J connectivity index is 2.07. The van der Waals surface area contributed by atoms with E-state index in [1.54, 1.807) is 0 Å². The zero-order valence-corrected chi connectivity index (χ0v) is 10.4. The quantitative estimate of drug-likeness (QED) is 0.720. The first kappa shape index (κ1) is 11.7. The van der Waals surface area contributed by atoms with E-state index < -0.39 is 0 Å². The first-order chi connectivity index (χ1) is 7.92. The van der Waals surface area contributed by atoms with Gasteiger partial charge in [-0.25, -0.2) is 0 Å². The number of unbranched alkanes of at least 4 members (excludes halogenated alkanes) is 1. The van der Waals surface area contributed by atoms with E-state index in [1.165, 1.54) is 50.8 Å². The Morgan fingerprint density at radius 3 is 2.44 bits per heavy atom. The van der Waals surface area contributed by atoms with Gasteiger partial charge in [0.25, 0.3) is 0 Å². The van der Waals surface area contributed by atoms with Gasteiger partial charge in [-0.1, -0.05) is 50.1 Å². The van der Waals surface area contributed by atoms with Gasteiger partial charge in [0.05, 0.1) is 0 Å². The highest BCUT2D eigenvalue weighted by atomic mass is 15.2. The first-order valence-corrected chi connectivity index (χ1v) is 6.71. The van der Waals surface area contributed by atoms with Gasteiger partial charge in [0.1, 0.15) is 0 Å². The molecule has 0 N–H and O–H groups in total. The summed E-state index contributed by atoms with van der Waals surface area (Å²) >= 11 is 0. The van der Waals surface area contributed by atoms with Gasteiger partial charge in [0, 0.05) is 6.04 Å². The van der Waals surface area contributed by atoms with Crippen molar-refractivity contribution in [1.82, 2.24) is 4.90 Å². The maximum atomic E-state index is 2.67. The summed E-state index contributed by atoms with van der Waals surface area (Å²) in [6.45, 7) is 4.87. The van der Waals surface area contributed by atoms with E-state index >= 15 is 0 Å². The average Bonchev–Trinajstić information content (AvgIpc) is 2.85. The molecule has 0 aliphatic carbocycles. The summed E-state index contributed by atoms with van der Waals surface area (Å²) < 4.78 is 0. The largest absolute Gasteiger partial charge is 0.296 e. The van der Waals surface area contributed by atoms with E-state index in [0.29, 0.717) is 6.04 Å². The third-order valence-electron chi connectivity index (χ3n) is 3.60. The van der Waals surface area contributed by atoms with E-state index in [9.17, 15) is 0 Å². The predicted molar refractivity (Wildman–Crippen MR) is 69.5 cm³/mol. The molecule has 0 spiro atoms. The summed E-state index contributed by atoms with van der Waals surface area (Å²) in [6.07, 6.45) is 6.73. The summed E-state index contributed by atoms with van der Waals surface area (Å²) in [5.41, 5.74) is 1.51. The Morgan fingerprint density at radius 1 is 1.12 bits per heavy atom. The zero-order valence-electron chi connectivity index (χ0n) is 10.4. The second-order valence-corrected chi connectivity index (χ2v) is 4.81. The van der Waals surface area contributed by atoms with Crippen molar-refractivity contribution >= 4 is 0 Å². The van der Waals surface area contributed by atoms with Gasteiger partial charge < -0.3 is 0 Å². The molecular weight excluding hydrogens is 194 g/mol. The molecule has 1 unspecified atom stereocenters. The van der Waals surface area contributed by atoms with Crippen molar-refractivity contribution in [3.05, 3.63) is 35.9 Å². The topological polar surface area (TPSA) is 3.24 Å². The van der Waals surface area contributed by atoms with Crippen molar-refractivity contribution < 1.29 is 0 Å². The van der Waals surface area contributed by atoms with Crippen molar-refractivity contribution in [3.8, 4) is 0 Å². The van der Waals surface area contributed by atoms with Gasteiger partial charge in [-0.3, -0.25) is 4.90 Å². The maximum Gasteiger partial charge on any atom is 0.0348 e. The Hall–Kier alpha value is -0.820. The highest BCUT2D eigenvalue weighted by Crippen LogP contribution is 2.29. The summed E-state index contributed by atoms with van der Waals surface area (Å²) in [5.74, 6) is 0. The molecular formula is C15H23N. The van der Waals surface area contributed by atoms with Crippen molar-refractivity contribution in [3.63, 3.8) is 0 Å². The fourth-order valence-electron chi connectivity index (χ4n) is 2.69. The number of nitrogens with zero attached hydrogens (tertiary/aromatic N) is 1. The standard InChI is InChI=1S/C15H23N/c1-2-3-11-15(16-12-7-8-13-16)14-9-5-4-6-10-14/h4-6,9-10,15H,2-3,7-8,11-13H2,1H3. The molecule has 0 bridgehead atoms. The third kappa shape index (κ3) is 2.85. The Kier molecular flexibility index (Phi) is 4.41. The lowest BCUT2D eigenvalue weighted by Gasteiger charge is -2.28. The summed E-state index contributed by atoms with van der Waals surface area (Å²) in [7, 11) is 0. The molecule has 1 aliphatic heterocycles. The number of hydrogen-bond donors (Lipinski definition) is 0. The molecule has 1 heteroatoms. The van der Waals surface area contributed by atoms with Crippen molar-refractivity contribution in [1.29, 1.82) is 0 Å². The fraction of sp³-hybridized carbons (Fsp3) is 0.600. The molecule has 0 amide bonds. The molecule has 0 saturated carbocycles. The van der Waals surface area contributed by atoms with Crippen LogP contribution in [0.1, 0.15) is 50.6 Å². The van der Waals surface area contributed by atoms with Gasteiger partial charge in [-0.15, -0.1) is 0 Å².